The van der Waals surface area contributed by atoms with Crippen LogP contribution in [0.5, 0.6) is 0 Å². The first-order chi connectivity index (χ1) is 12.4. The van der Waals surface area contributed by atoms with Crippen molar-refractivity contribution in [3.63, 3.8) is 0 Å². The molecule has 0 aromatic heterocycles. The van der Waals surface area contributed by atoms with Crippen LogP contribution in [0.15, 0.2) is 48.5 Å². The molecule has 0 heterocycles. The van der Waals surface area contributed by atoms with Crippen molar-refractivity contribution in [1.82, 2.24) is 10.2 Å². The average molecular weight is 394 g/mol. The highest BCUT2D eigenvalue weighted by Crippen LogP contribution is 2.20. The lowest BCUT2D eigenvalue weighted by molar-refractivity contribution is -0.132. The fourth-order valence-corrected chi connectivity index (χ4v) is 2.36. The van der Waals surface area contributed by atoms with Gasteiger partial charge in [0.25, 0.3) is 5.91 Å². The topological polar surface area (TPSA) is 78.5 Å². The SMILES string of the molecule is CN(CC(=O)Nc1ccccc1Cl)C(=O)CNC(=O)c1ccc(Cl)cc1. The van der Waals surface area contributed by atoms with Crippen molar-refractivity contribution in [3.05, 3.63) is 64.1 Å². The van der Waals surface area contributed by atoms with Crippen LogP contribution in [0.3, 0.4) is 0 Å². The van der Waals surface area contributed by atoms with Crippen LogP contribution in [0.1, 0.15) is 10.4 Å². The number of hydrogen-bond donors (Lipinski definition) is 2. The van der Waals surface area contributed by atoms with E-state index in [-0.39, 0.29) is 13.1 Å². The van der Waals surface area contributed by atoms with E-state index in [1.807, 2.05) is 0 Å². The molecule has 0 saturated carbocycles. The monoisotopic (exact) mass is 393 g/mol. The molecule has 2 aromatic carbocycles. The molecule has 8 heteroatoms. The van der Waals surface area contributed by atoms with E-state index in [1.54, 1.807) is 48.5 Å². The Labute approximate surface area is 161 Å². The van der Waals surface area contributed by atoms with E-state index in [1.165, 1.54) is 11.9 Å². The quantitative estimate of drug-likeness (QED) is 0.791. The normalized spacial score (nSPS) is 10.1. The summed E-state index contributed by atoms with van der Waals surface area (Å²) in [6.07, 6.45) is 0. The van der Waals surface area contributed by atoms with Crippen molar-refractivity contribution in [2.45, 2.75) is 0 Å². The Hall–Kier alpha value is -2.57. The molecule has 0 spiro atoms. The Balaban J connectivity index is 1.81. The van der Waals surface area contributed by atoms with E-state index in [2.05, 4.69) is 10.6 Å². The van der Waals surface area contributed by atoms with Gasteiger partial charge in [-0.25, -0.2) is 0 Å². The summed E-state index contributed by atoms with van der Waals surface area (Å²) in [4.78, 5) is 37.3. The van der Waals surface area contributed by atoms with Crippen molar-refractivity contribution >= 4 is 46.6 Å². The third-order valence-electron chi connectivity index (χ3n) is 3.46. The Morgan fingerprint density at radius 1 is 1.00 bits per heavy atom. The molecule has 0 atom stereocenters. The van der Waals surface area contributed by atoms with Gasteiger partial charge >= 0.3 is 0 Å². The number of hydrogen-bond acceptors (Lipinski definition) is 3. The number of likely N-dealkylation sites (N-methyl/N-ethyl adjacent to an activating group) is 1. The zero-order valence-corrected chi connectivity index (χ0v) is 15.5. The maximum Gasteiger partial charge on any atom is 0.251 e. The molecule has 6 nitrogen and oxygen atoms in total. The maximum absolute atomic E-state index is 12.1. The van der Waals surface area contributed by atoms with Gasteiger partial charge in [-0.3, -0.25) is 14.4 Å². The predicted octanol–water partition coefficient (Wildman–Crippen LogP) is 2.82. The van der Waals surface area contributed by atoms with Crippen molar-refractivity contribution < 1.29 is 14.4 Å². The molecule has 136 valence electrons. The Bertz CT molecular complexity index is 810. The zero-order valence-electron chi connectivity index (χ0n) is 14.0. The summed E-state index contributed by atoms with van der Waals surface area (Å²) < 4.78 is 0. The van der Waals surface area contributed by atoms with Crippen molar-refractivity contribution in [2.24, 2.45) is 0 Å². The molecule has 0 radical (unpaired) electrons. The molecular formula is C18H17Cl2N3O3. The number of rotatable bonds is 6. The van der Waals surface area contributed by atoms with Crippen LogP contribution in [0, 0.1) is 0 Å². The molecule has 0 bridgehead atoms. The standard InChI is InChI=1S/C18H17Cl2N3O3/c1-23(11-16(24)22-15-5-3-2-4-14(15)20)17(25)10-21-18(26)12-6-8-13(19)9-7-12/h2-9H,10-11H2,1H3,(H,21,26)(H,22,24). The number of nitrogens with one attached hydrogen (secondary N) is 2. The van der Waals surface area contributed by atoms with Crippen LogP contribution in [0.2, 0.25) is 10.0 Å². The van der Waals surface area contributed by atoms with Crippen LogP contribution in [-0.2, 0) is 9.59 Å². The molecule has 3 amide bonds. The summed E-state index contributed by atoms with van der Waals surface area (Å²) in [7, 11) is 1.48. The second-order valence-corrected chi connectivity index (χ2v) is 6.31. The van der Waals surface area contributed by atoms with Crippen molar-refractivity contribution in [1.29, 1.82) is 0 Å². The van der Waals surface area contributed by atoms with Crippen LogP contribution in [-0.4, -0.2) is 42.8 Å². The zero-order chi connectivity index (χ0) is 19.1. The molecule has 2 rings (SSSR count). The van der Waals surface area contributed by atoms with Gasteiger partial charge in [0.1, 0.15) is 0 Å². The van der Waals surface area contributed by atoms with Crippen molar-refractivity contribution in [3.8, 4) is 0 Å². The number of benzene rings is 2. The molecular weight excluding hydrogens is 377 g/mol. The third kappa shape index (κ3) is 5.75. The smallest absolute Gasteiger partial charge is 0.251 e. The van der Waals surface area contributed by atoms with Gasteiger partial charge in [-0.15, -0.1) is 0 Å². The number of para-hydroxylation sites is 1. The van der Waals surface area contributed by atoms with Gasteiger partial charge in [0.15, 0.2) is 0 Å². The average Bonchev–Trinajstić information content (AvgIpc) is 2.61. The lowest BCUT2D eigenvalue weighted by Gasteiger charge is -2.17. The van der Waals surface area contributed by atoms with E-state index in [0.29, 0.717) is 21.3 Å². The summed E-state index contributed by atoms with van der Waals surface area (Å²) in [6, 6.07) is 13.1. The summed E-state index contributed by atoms with van der Waals surface area (Å²) in [5.41, 5.74) is 0.859. The Morgan fingerprint density at radius 3 is 2.31 bits per heavy atom. The van der Waals surface area contributed by atoms with Crippen LogP contribution < -0.4 is 10.6 Å². The van der Waals surface area contributed by atoms with Crippen molar-refractivity contribution in [2.75, 3.05) is 25.5 Å². The van der Waals surface area contributed by atoms with Gasteiger partial charge in [0.05, 0.1) is 23.8 Å². The van der Waals surface area contributed by atoms with Gasteiger partial charge in [0, 0.05) is 17.6 Å². The molecule has 0 aliphatic carbocycles. The minimum atomic E-state index is -0.401. The molecule has 2 N–H and O–H groups in total. The molecule has 0 saturated heterocycles. The molecule has 0 unspecified atom stereocenters. The van der Waals surface area contributed by atoms with E-state index < -0.39 is 17.7 Å². The van der Waals surface area contributed by atoms with Crippen LogP contribution >= 0.6 is 23.2 Å². The largest absolute Gasteiger partial charge is 0.343 e. The number of carbonyl (C=O) groups is 3. The maximum atomic E-state index is 12.1. The van der Waals surface area contributed by atoms with Gasteiger partial charge < -0.3 is 15.5 Å². The fourth-order valence-electron chi connectivity index (χ4n) is 2.05. The van der Waals surface area contributed by atoms with Gasteiger partial charge in [-0.05, 0) is 36.4 Å². The van der Waals surface area contributed by atoms with Crippen LogP contribution in [0.4, 0.5) is 5.69 Å². The van der Waals surface area contributed by atoms with Gasteiger partial charge in [-0.1, -0.05) is 35.3 Å². The van der Waals surface area contributed by atoms with Crippen LogP contribution in [0.25, 0.3) is 0 Å². The molecule has 0 aliphatic rings. The molecule has 26 heavy (non-hydrogen) atoms. The van der Waals surface area contributed by atoms with E-state index in [9.17, 15) is 14.4 Å². The first kappa shape index (κ1) is 19.8. The minimum Gasteiger partial charge on any atom is -0.343 e. The highest BCUT2D eigenvalue weighted by atomic mass is 35.5. The third-order valence-corrected chi connectivity index (χ3v) is 4.04. The summed E-state index contributed by atoms with van der Waals surface area (Å²) in [5, 5.41) is 6.06. The molecule has 0 fully saturated rings. The lowest BCUT2D eigenvalue weighted by atomic mass is 10.2. The fraction of sp³-hybridized carbons (Fsp3) is 0.167. The second kappa shape index (κ2) is 9.22. The number of carbonyl (C=O) groups excluding carboxylic acids is 3. The van der Waals surface area contributed by atoms with E-state index >= 15 is 0 Å². The number of nitrogens with zero attached hydrogens (tertiary/aromatic N) is 1. The Kier molecular flexibility index (Phi) is 7.00. The first-order valence-corrected chi connectivity index (χ1v) is 8.44. The van der Waals surface area contributed by atoms with Gasteiger partial charge in [0.2, 0.25) is 11.8 Å². The number of anilines is 1. The van der Waals surface area contributed by atoms with E-state index in [4.69, 9.17) is 23.2 Å². The highest BCUT2D eigenvalue weighted by molar-refractivity contribution is 6.33. The number of halogens is 2. The second-order valence-electron chi connectivity index (χ2n) is 5.47. The number of amides is 3. The van der Waals surface area contributed by atoms with E-state index in [0.717, 1.165) is 0 Å². The first-order valence-electron chi connectivity index (χ1n) is 7.69. The molecule has 2 aromatic rings. The Morgan fingerprint density at radius 2 is 1.65 bits per heavy atom. The lowest BCUT2D eigenvalue weighted by Crippen LogP contribution is -2.41. The summed E-state index contributed by atoms with van der Waals surface area (Å²) in [5.74, 6) is -1.19. The highest BCUT2D eigenvalue weighted by Gasteiger charge is 2.15. The predicted molar refractivity (Wildman–Crippen MR) is 102 cm³/mol. The summed E-state index contributed by atoms with van der Waals surface area (Å²) >= 11 is 11.7. The van der Waals surface area contributed by atoms with Gasteiger partial charge in [-0.2, -0.15) is 0 Å². The molecule has 0 aliphatic heterocycles. The minimum absolute atomic E-state index is 0.166. The summed E-state index contributed by atoms with van der Waals surface area (Å²) in [6.45, 7) is -0.391.